The Morgan fingerprint density at radius 3 is 2.67 bits per heavy atom. The van der Waals surface area contributed by atoms with Crippen molar-refractivity contribution in [1.82, 2.24) is 4.98 Å². The molecule has 0 aliphatic rings. The van der Waals surface area contributed by atoms with Gasteiger partial charge in [0.2, 0.25) is 17.7 Å². The van der Waals surface area contributed by atoms with Crippen LogP contribution in [0.2, 0.25) is 5.02 Å². The third kappa shape index (κ3) is 5.12. The van der Waals surface area contributed by atoms with Gasteiger partial charge in [0.05, 0.1) is 22.0 Å². The Hall–Kier alpha value is -2.77. The number of halogens is 1. The lowest BCUT2D eigenvalue weighted by Crippen LogP contribution is -2.15. The molecule has 0 fully saturated rings. The highest BCUT2D eigenvalue weighted by Gasteiger charge is 2.10. The van der Waals surface area contributed by atoms with E-state index in [1.165, 1.54) is 23.9 Å². The normalized spacial score (nSPS) is 10.6. The van der Waals surface area contributed by atoms with E-state index in [1.807, 2.05) is 30.3 Å². The van der Waals surface area contributed by atoms with E-state index < -0.39 is 5.91 Å². The van der Waals surface area contributed by atoms with Gasteiger partial charge in [0.15, 0.2) is 0 Å². The molecule has 0 unspecified atom stereocenters. The molecule has 0 bridgehead atoms. The fourth-order valence-corrected chi connectivity index (χ4v) is 3.30. The predicted molar refractivity (Wildman–Crippen MR) is 107 cm³/mol. The van der Waals surface area contributed by atoms with Gasteiger partial charge < -0.3 is 15.5 Å². The van der Waals surface area contributed by atoms with Gasteiger partial charge in [0.1, 0.15) is 6.26 Å². The molecule has 3 N–H and O–H groups in total. The van der Waals surface area contributed by atoms with Gasteiger partial charge in [-0.25, -0.2) is 4.98 Å². The monoisotopic (exact) mass is 401 g/mol. The molecule has 6 nitrogen and oxygen atoms in total. The average Bonchev–Trinajstić information content (AvgIpc) is 3.11. The summed E-state index contributed by atoms with van der Waals surface area (Å²) in [6.07, 6.45) is 1.59. The van der Waals surface area contributed by atoms with Gasteiger partial charge in [-0.2, -0.15) is 0 Å². The number of nitrogens with zero attached hydrogens (tertiary/aromatic N) is 1. The Balaban J connectivity index is 1.49. The Kier molecular flexibility index (Phi) is 6.16. The molecule has 0 saturated carbocycles. The lowest BCUT2D eigenvalue weighted by molar-refractivity contribution is -0.113. The van der Waals surface area contributed by atoms with Crippen molar-refractivity contribution >= 4 is 40.9 Å². The first kappa shape index (κ1) is 19.0. The maximum atomic E-state index is 12.0. The number of aromatic nitrogens is 1. The van der Waals surface area contributed by atoms with E-state index in [9.17, 15) is 9.59 Å². The second-order valence-corrected chi connectivity index (χ2v) is 7.00. The van der Waals surface area contributed by atoms with Gasteiger partial charge in [-0.1, -0.05) is 29.8 Å². The number of rotatable bonds is 7. The van der Waals surface area contributed by atoms with E-state index >= 15 is 0 Å². The van der Waals surface area contributed by atoms with Gasteiger partial charge in [-0.05, 0) is 30.3 Å². The topological polar surface area (TPSA) is 98.2 Å². The first-order valence-corrected chi connectivity index (χ1v) is 9.53. The molecule has 8 heteroatoms. The summed E-state index contributed by atoms with van der Waals surface area (Å²) in [4.78, 5) is 27.6. The lowest BCUT2D eigenvalue weighted by atomic mass is 10.2. The third-order valence-electron chi connectivity index (χ3n) is 3.57. The van der Waals surface area contributed by atoms with E-state index in [4.69, 9.17) is 21.8 Å². The Morgan fingerprint density at radius 1 is 1.19 bits per heavy atom. The molecule has 3 rings (SSSR count). The summed E-state index contributed by atoms with van der Waals surface area (Å²) >= 11 is 7.38. The van der Waals surface area contributed by atoms with Crippen molar-refractivity contribution in [2.24, 2.45) is 5.73 Å². The molecule has 1 heterocycles. The van der Waals surface area contributed by atoms with Crippen LogP contribution in [0.4, 0.5) is 5.69 Å². The van der Waals surface area contributed by atoms with Crippen molar-refractivity contribution in [2.75, 3.05) is 11.1 Å². The van der Waals surface area contributed by atoms with Crippen molar-refractivity contribution in [3.63, 3.8) is 0 Å². The predicted octanol–water partition coefficient (Wildman–Crippen LogP) is 3.97. The standard InChI is InChI=1S/C19H16ClN3O3S/c20-16-8-13(6-7-15(16)18(21)25)22-17(24)11-27-10-14-9-26-19(23-14)12-4-2-1-3-5-12/h1-9H,10-11H2,(H2,21,25)(H,22,24). The highest BCUT2D eigenvalue weighted by atomic mass is 35.5. The Bertz CT molecular complexity index is 960. The van der Waals surface area contributed by atoms with Crippen LogP contribution in [-0.4, -0.2) is 22.6 Å². The number of hydrogen-bond acceptors (Lipinski definition) is 5. The summed E-state index contributed by atoms with van der Waals surface area (Å²) in [6.45, 7) is 0. The summed E-state index contributed by atoms with van der Waals surface area (Å²) in [7, 11) is 0. The molecular weight excluding hydrogens is 386 g/mol. The number of hydrogen-bond donors (Lipinski definition) is 2. The zero-order chi connectivity index (χ0) is 19.2. The Labute approximate surface area is 165 Å². The molecule has 1 aromatic heterocycles. The molecule has 0 aliphatic carbocycles. The number of benzene rings is 2. The fraction of sp³-hybridized carbons (Fsp3) is 0.105. The van der Waals surface area contributed by atoms with E-state index in [0.29, 0.717) is 17.3 Å². The first-order chi connectivity index (χ1) is 13.0. The number of thioether (sulfide) groups is 1. The summed E-state index contributed by atoms with van der Waals surface area (Å²) in [5.41, 5.74) is 7.58. The minimum atomic E-state index is -0.615. The maximum Gasteiger partial charge on any atom is 0.250 e. The molecule has 2 aromatic carbocycles. The van der Waals surface area contributed by atoms with Gasteiger partial charge in [-0.3, -0.25) is 9.59 Å². The molecule has 138 valence electrons. The summed E-state index contributed by atoms with van der Waals surface area (Å²) in [6, 6.07) is 14.2. The molecule has 0 aliphatic heterocycles. The van der Waals surface area contributed by atoms with Crippen molar-refractivity contribution in [3.05, 3.63) is 71.1 Å². The van der Waals surface area contributed by atoms with Crippen LogP contribution in [0.3, 0.4) is 0 Å². The maximum absolute atomic E-state index is 12.0. The van der Waals surface area contributed by atoms with E-state index in [2.05, 4.69) is 10.3 Å². The van der Waals surface area contributed by atoms with Crippen LogP contribution in [0.5, 0.6) is 0 Å². The van der Waals surface area contributed by atoms with Gasteiger partial charge in [0, 0.05) is 17.0 Å². The van der Waals surface area contributed by atoms with Crippen LogP contribution in [0.15, 0.2) is 59.2 Å². The van der Waals surface area contributed by atoms with Crippen molar-refractivity contribution < 1.29 is 14.0 Å². The van der Waals surface area contributed by atoms with Crippen LogP contribution < -0.4 is 11.1 Å². The number of anilines is 1. The number of amides is 2. The second kappa shape index (κ2) is 8.75. The zero-order valence-electron chi connectivity index (χ0n) is 14.1. The number of primary amides is 1. The third-order valence-corrected chi connectivity index (χ3v) is 4.85. The molecule has 27 heavy (non-hydrogen) atoms. The van der Waals surface area contributed by atoms with Crippen molar-refractivity contribution in [3.8, 4) is 11.5 Å². The van der Waals surface area contributed by atoms with Crippen LogP contribution >= 0.6 is 23.4 Å². The zero-order valence-corrected chi connectivity index (χ0v) is 15.7. The first-order valence-electron chi connectivity index (χ1n) is 7.99. The molecule has 0 saturated heterocycles. The van der Waals surface area contributed by atoms with Crippen LogP contribution in [-0.2, 0) is 10.5 Å². The minimum absolute atomic E-state index is 0.185. The summed E-state index contributed by atoms with van der Waals surface area (Å²) in [5.74, 6) is 0.541. The van der Waals surface area contributed by atoms with E-state index in [1.54, 1.807) is 12.3 Å². The molecular formula is C19H16ClN3O3S. The van der Waals surface area contributed by atoms with Gasteiger partial charge >= 0.3 is 0 Å². The van der Waals surface area contributed by atoms with Crippen LogP contribution in [0, 0.1) is 0 Å². The molecule has 0 atom stereocenters. The number of carbonyl (C=O) groups is 2. The largest absolute Gasteiger partial charge is 0.444 e. The van der Waals surface area contributed by atoms with Crippen LogP contribution in [0.1, 0.15) is 16.1 Å². The second-order valence-electron chi connectivity index (χ2n) is 5.61. The molecule has 2 amide bonds. The highest BCUT2D eigenvalue weighted by molar-refractivity contribution is 7.99. The average molecular weight is 402 g/mol. The minimum Gasteiger partial charge on any atom is -0.444 e. The van der Waals surface area contributed by atoms with Crippen molar-refractivity contribution in [2.45, 2.75) is 5.75 Å². The Morgan fingerprint density at radius 2 is 1.96 bits per heavy atom. The molecule has 3 aromatic rings. The quantitative estimate of drug-likeness (QED) is 0.624. The van der Waals surface area contributed by atoms with Gasteiger partial charge in [-0.15, -0.1) is 11.8 Å². The highest BCUT2D eigenvalue weighted by Crippen LogP contribution is 2.22. The number of nitrogens with two attached hydrogens (primary N) is 1. The lowest BCUT2D eigenvalue weighted by Gasteiger charge is -2.07. The molecule has 0 spiro atoms. The fourth-order valence-electron chi connectivity index (χ4n) is 2.32. The van der Waals surface area contributed by atoms with Gasteiger partial charge in [0.25, 0.3) is 0 Å². The van der Waals surface area contributed by atoms with E-state index in [-0.39, 0.29) is 22.2 Å². The van der Waals surface area contributed by atoms with E-state index in [0.717, 1.165) is 11.3 Å². The number of nitrogens with one attached hydrogen (secondary N) is 1. The molecule has 0 radical (unpaired) electrons. The summed E-state index contributed by atoms with van der Waals surface area (Å²) < 4.78 is 5.47. The summed E-state index contributed by atoms with van der Waals surface area (Å²) in [5, 5.41) is 2.92. The van der Waals surface area contributed by atoms with Crippen molar-refractivity contribution in [1.29, 1.82) is 0 Å². The van der Waals surface area contributed by atoms with Crippen LogP contribution in [0.25, 0.3) is 11.5 Å². The SMILES string of the molecule is NC(=O)c1ccc(NC(=O)CSCc2coc(-c3ccccc3)n2)cc1Cl. The number of carbonyl (C=O) groups excluding carboxylic acids is 2. The number of oxazole rings is 1. The smallest absolute Gasteiger partial charge is 0.250 e.